The maximum Gasteiger partial charge on any atom is 0.326 e. The lowest BCUT2D eigenvalue weighted by Crippen LogP contribution is -2.46. The molecule has 0 fully saturated rings. The number of hydrogen-bond donors (Lipinski definition) is 2. The number of aliphatic carboxylic acids is 1. The topological polar surface area (TPSA) is 116 Å². The van der Waals surface area contributed by atoms with Gasteiger partial charge in [0.25, 0.3) is 5.91 Å². The van der Waals surface area contributed by atoms with Crippen LogP contribution >= 0.6 is 0 Å². The van der Waals surface area contributed by atoms with Crippen molar-refractivity contribution in [3.63, 3.8) is 0 Å². The van der Waals surface area contributed by atoms with Crippen molar-refractivity contribution < 1.29 is 29.0 Å². The number of carboxylic acid groups (broad SMARTS) is 1. The molecule has 9 nitrogen and oxygen atoms in total. The summed E-state index contributed by atoms with van der Waals surface area (Å²) < 4.78 is 5.58. The highest BCUT2D eigenvalue weighted by atomic mass is 16.5. The molecule has 0 saturated carbocycles. The lowest BCUT2D eigenvalue weighted by atomic mass is 10.1. The molecule has 0 bridgehead atoms. The van der Waals surface area contributed by atoms with Gasteiger partial charge in [0, 0.05) is 14.1 Å². The van der Waals surface area contributed by atoms with E-state index in [-0.39, 0.29) is 36.9 Å². The van der Waals surface area contributed by atoms with Gasteiger partial charge in [-0.3, -0.25) is 14.4 Å². The van der Waals surface area contributed by atoms with E-state index in [1.807, 2.05) is 0 Å². The number of rotatable bonds is 1. The van der Waals surface area contributed by atoms with E-state index in [1.165, 1.54) is 18.0 Å². The van der Waals surface area contributed by atoms with Gasteiger partial charge in [-0.1, -0.05) is 12.1 Å². The maximum atomic E-state index is 12.5. The number of benzene rings is 1. The van der Waals surface area contributed by atoms with E-state index in [2.05, 4.69) is 5.32 Å². The van der Waals surface area contributed by atoms with Gasteiger partial charge < -0.3 is 25.0 Å². The van der Waals surface area contributed by atoms with E-state index in [0.29, 0.717) is 0 Å². The van der Waals surface area contributed by atoms with Crippen molar-refractivity contribution in [1.82, 2.24) is 15.1 Å². The third-order valence-corrected chi connectivity index (χ3v) is 4.02. The number of para-hydroxylation sites is 1. The molecule has 1 aliphatic rings. The summed E-state index contributed by atoms with van der Waals surface area (Å²) in [6, 6.07) is 4.96. The second-order valence-corrected chi connectivity index (χ2v) is 5.98. The number of nitrogens with one attached hydrogen (secondary N) is 1. The SMILES string of the molecule is CN1CCOc2ccccc2C(=O)N[C@H](C(=O)O)CC(=O)N(C)CC1=O. The van der Waals surface area contributed by atoms with E-state index in [0.717, 1.165) is 4.90 Å². The minimum Gasteiger partial charge on any atom is -0.491 e. The van der Waals surface area contributed by atoms with Gasteiger partial charge in [0.2, 0.25) is 11.8 Å². The average Bonchev–Trinajstić information content (AvgIpc) is 2.60. The van der Waals surface area contributed by atoms with Crippen LogP contribution in [0.25, 0.3) is 0 Å². The van der Waals surface area contributed by atoms with Crippen molar-refractivity contribution in [2.75, 3.05) is 33.8 Å². The van der Waals surface area contributed by atoms with Gasteiger partial charge in [-0.05, 0) is 12.1 Å². The maximum absolute atomic E-state index is 12.5. The Morgan fingerprint density at radius 1 is 1.15 bits per heavy atom. The standard InChI is InChI=1S/C17H21N3O6/c1-19-7-8-26-13-6-4-3-5-11(13)16(23)18-12(17(24)25)9-14(21)20(2)10-15(19)22/h3-6,12H,7-10H2,1-2H3,(H,18,23)(H,24,25)/t12-/m0/s1. The van der Waals surface area contributed by atoms with Crippen molar-refractivity contribution in [3.8, 4) is 5.75 Å². The van der Waals surface area contributed by atoms with Crippen LogP contribution in [-0.4, -0.2) is 78.4 Å². The molecule has 3 amide bonds. The van der Waals surface area contributed by atoms with Gasteiger partial charge in [-0.15, -0.1) is 0 Å². The Morgan fingerprint density at radius 3 is 2.54 bits per heavy atom. The van der Waals surface area contributed by atoms with Crippen LogP contribution in [0.4, 0.5) is 0 Å². The van der Waals surface area contributed by atoms with E-state index in [4.69, 9.17) is 4.74 Å². The number of nitrogens with zero attached hydrogens (tertiary/aromatic N) is 2. The zero-order valence-corrected chi connectivity index (χ0v) is 14.6. The summed E-state index contributed by atoms with van der Waals surface area (Å²) in [4.78, 5) is 50.8. The summed E-state index contributed by atoms with van der Waals surface area (Å²) in [5.41, 5.74) is 0.158. The molecule has 140 valence electrons. The highest BCUT2D eigenvalue weighted by molar-refractivity contribution is 5.99. The monoisotopic (exact) mass is 363 g/mol. The first kappa shape index (κ1) is 19.2. The summed E-state index contributed by atoms with van der Waals surface area (Å²) in [6.45, 7) is 0.229. The predicted molar refractivity (Wildman–Crippen MR) is 90.7 cm³/mol. The predicted octanol–water partition coefficient (Wildman–Crippen LogP) is -0.431. The number of ether oxygens (including phenoxy) is 1. The summed E-state index contributed by atoms with van der Waals surface area (Å²) in [5.74, 6) is -2.57. The van der Waals surface area contributed by atoms with Gasteiger partial charge >= 0.3 is 5.97 Å². The van der Waals surface area contributed by atoms with Crippen LogP contribution in [-0.2, 0) is 14.4 Å². The van der Waals surface area contributed by atoms with E-state index >= 15 is 0 Å². The van der Waals surface area contributed by atoms with Gasteiger partial charge in [-0.2, -0.15) is 0 Å². The number of amides is 3. The van der Waals surface area contributed by atoms with E-state index in [9.17, 15) is 24.3 Å². The zero-order chi connectivity index (χ0) is 19.3. The van der Waals surface area contributed by atoms with Crippen molar-refractivity contribution >= 4 is 23.7 Å². The molecule has 0 spiro atoms. The number of carbonyl (C=O) groups is 4. The minimum atomic E-state index is -1.42. The Balaban J connectivity index is 2.33. The van der Waals surface area contributed by atoms with Crippen LogP contribution in [0.1, 0.15) is 16.8 Å². The quantitative estimate of drug-likeness (QED) is 0.699. The van der Waals surface area contributed by atoms with Crippen molar-refractivity contribution in [1.29, 1.82) is 0 Å². The highest BCUT2D eigenvalue weighted by Crippen LogP contribution is 2.18. The summed E-state index contributed by atoms with van der Waals surface area (Å²) in [7, 11) is 2.99. The second kappa shape index (κ2) is 8.32. The van der Waals surface area contributed by atoms with Crippen LogP contribution in [0.15, 0.2) is 24.3 Å². The zero-order valence-electron chi connectivity index (χ0n) is 14.6. The summed E-state index contributed by atoms with van der Waals surface area (Å²) in [5, 5.41) is 11.7. The Kier molecular flexibility index (Phi) is 6.16. The third-order valence-electron chi connectivity index (χ3n) is 4.02. The van der Waals surface area contributed by atoms with Gasteiger partial charge in [0.15, 0.2) is 0 Å². The second-order valence-electron chi connectivity index (χ2n) is 5.98. The van der Waals surface area contributed by atoms with Crippen LogP contribution in [0.3, 0.4) is 0 Å². The minimum absolute atomic E-state index is 0.145. The molecular weight excluding hydrogens is 342 g/mol. The van der Waals surface area contributed by atoms with E-state index in [1.54, 1.807) is 25.2 Å². The number of likely N-dealkylation sites (N-methyl/N-ethyl adjacent to an activating group) is 2. The van der Waals surface area contributed by atoms with Crippen LogP contribution < -0.4 is 10.1 Å². The Labute approximate surface area is 150 Å². The fraction of sp³-hybridized carbons (Fsp3) is 0.412. The van der Waals surface area contributed by atoms with Crippen molar-refractivity contribution in [3.05, 3.63) is 29.8 Å². The Bertz CT molecular complexity index is 720. The third kappa shape index (κ3) is 4.71. The van der Waals surface area contributed by atoms with Crippen molar-refractivity contribution in [2.45, 2.75) is 12.5 Å². The van der Waals surface area contributed by atoms with Gasteiger partial charge in [0.05, 0.1) is 25.1 Å². The first-order valence-electron chi connectivity index (χ1n) is 8.03. The van der Waals surface area contributed by atoms with Crippen LogP contribution in [0, 0.1) is 0 Å². The molecule has 1 heterocycles. The normalized spacial score (nSPS) is 19.9. The van der Waals surface area contributed by atoms with Crippen molar-refractivity contribution in [2.24, 2.45) is 0 Å². The van der Waals surface area contributed by atoms with Crippen LogP contribution in [0.5, 0.6) is 5.75 Å². The smallest absolute Gasteiger partial charge is 0.326 e. The van der Waals surface area contributed by atoms with E-state index < -0.39 is 30.2 Å². The fourth-order valence-electron chi connectivity index (χ4n) is 2.38. The molecule has 1 aromatic rings. The number of fused-ring (bicyclic) bond motifs is 1. The van der Waals surface area contributed by atoms with Gasteiger partial charge in [0.1, 0.15) is 18.4 Å². The lowest BCUT2D eigenvalue weighted by Gasteiger charge is -2.24. The number of carboxylic acids is 1. The largest absolute Gasteiger partial charge is 0.491 e. The molecule has 1 aliphatic heterocycles. The fourth-order valence-corrected chi connectivity index (χ4v) is 2.38. The highest BCUT2D eigenvalue weighted by Gasteiger charge is 2.27. The first-order valence-corrected chi connectivity index (χ1v) is 8.03. The molecule has 9 heteroatoms. The Hall–Kier alpha value is -3.10. The molecular formula is C17H21N3O6. The average molecular weight is 363 g/mol. The van der Waals surface area contributed by atoms with Gasteiger partial charge in [-0.25, -0.2) is 4.79 Å². The van der Waals surface area contributed by atoms with Crippen LogP contribution in [0.2, 0.25) is 0 Å². The molecule has 0 aromatic heterocycles. The molecule has 0 saturated heterocycles. The molecule has 0 aliphatic carbocycles. The number of carbonyl (C=O) groups excluding carboxylic acids is 3. The number of hydrogen-bond acceptors (Lipinski definition) is 5. The molecule has 2 N–H and O–H groups in total. The molecule has 2 rings (SSSR count). The Morgan fingerprint density at radius 2 is 1.85 bits per heavy atom. The lowest BCUT2D eigenvalue weighted by molar-refractivity contribution is -0.144. The molecule has 0 radical (unpaired) electrons. The summed E-state index contributed by atoms with van der Waals surface area (Å²) >= 11 is 0. The molecule has 1 aromatic carbocycles. The molecule has 26 heavy (non-hydrogen) atoms. The molecule has 1 atom stereocenters. The molecule has 0 unspecified atom stereocenters. The first-order chi connectivity index (χ1) is 12.3. The summed E-state index contributed by atoms with van der Waals surface area (Å²) in [6.07, 6.45) is -0.461.